The molecule has 0 bridgehead atoms. The zero-order valence-corrected chi connectivity index (χ0v) is 18.7. The maximum atomic E-state index is 10.5. The molecule has 0 spiro atoms. The third kappa shape index (κ3) is 4.26. The second kappa shape index (κ2) is 9.14. The Hall–Kier alpha value is -2.11. The number of hydrogen-bond donors (Lipinski definition) is 3. The molecule has 0 aliphatic carbocycles. The average Bonchev–Trinajstić information content (AvgIpc) is 2.70. The molecule has 0 saturated carbocycles. The fraction of sp³-hybridized carbons (Fsp3) is 0.478. The summed E-state index contributed by atoms with van der Waals surface area (Å²) < 4.78 is 11.6. The molecule has 2 atom stereocenters. The van der Waals surface area contributed by atoms with Crippen molar-refractivity contribution in [3.05, 3.63) is 45.5 Å². The van der Waals surface area contributed by atoms with Gasteiger partial charge in [-0.15, -0.1) is 12.4 Å². The highest BCUT2D eigenvalue weighted by Crippen LogP contribution is 2.43. The van der Waals surface area contributed by atoms with E-state index in [0.29, 0.717) is 30.4 Å². The molecular weight excluding hydrogens is 390 g/mol. The van der Waals surface area contributed by atoms with E-state index in [0.717, 1.165) is 52.0 Å². The van der Waals surface area contributed by atoms with Crippen LogP contribution in [0.25, 0.3) is 0 Å². The van der Waals surface area contributed by atoms with E-state index in [2.05, 4.69) is 6.92 Å². The summed E-state index contributed by atoms with van der Waals surface area (Å²) in [5, 5.41) is 20.9. The van der Waals surface area contributed by atoms with E-state index in [1.54, 1.807) is 13.2 Å². The molecule has 5 nitrogen and oxygen atoms in total. The van der Waals surface area contributed by atoms with Crippen LogP contribution in [0, 0.1) is 26.7 Å². The van der Waals surface area contributed by atoms with Crippen LogP contribution in [0.3, 0.4) is 0 Å². The molecule has 4 N–H and O–H groups in total. The molecule has 0 aromatic heterocycles. The lowest BCUT2D eigenvalue weighted by Crippen LogP contribution is -2.31. The molecule has 6 heteroatoms. The second-order valence-electron chi connectivity index (χ2n) is 7.87. The van der Waals surface area contributed by atoms with Gasteiger partial charge in [0.05, 0.1) is 13.2 Å². The summed E-state index contributed by atoms with van der Waals surface area (Å²) in [6.45, 7) is 8.39. The normalized spacial score (nSPS) is 17.9. The van der Waals surface area contributed by atoms with Gasteiger partial charge in [-0.25, -0.2) is 0 Å². The molecule has 2 aromatic carbocycles. The van der Waals surface area contributed by atoms with Crippen LogP contribution >= 0.6 is 12.4 Å². The Bertz CT molecular complexity index is 897. The Balaban J connectivity index is 0.00000300. The van der Waals surface area contributed by atoms with Crippen molar-refractivity contribution in [1.82, 2.24) is 0 Å². The number of halogens is 1. The minimum atomic E-state index is 0. The molecule has 160 valence electrons. The molecule has 1 aliphatic heterocycles. The van der Waals surface area contributed by atoms with Crippen molar-refractivity contribution in [3.63, 3.8) is 0 Å². The predicted molar refractivity (Wildman–Crippen MR) is 118 cm³/mol. The molecule has 2 unspecified atom stereocenters. The number of rotatable bonds is 5. The molecule has 1 heterocycles. The number of phenols is 2. The summed E-state index contributed by atoms with van der Waals surface area (Å²) in [4.78, 5) is 0. The van der Waals surface area contributed by atoms with Gasteiger partial charge in [0.1, 0.15) is 11.5 Å². The molecular formula is C23H32ClNO4. The highest BCUT2D eigenvalue weighted by Gasteiger charge is 2.31. The van der Waals surface area contributed by atoms with E-state index in [1.807, 2.05) is 26.8 Å². The van der Waals surface area contributed by atoms with Gasteiger partial charge in [-0.2, -0.15) is 0 Å². The zero-order valence-electron chi connectivity index (χ0n) is 17.8. The minimum absolute atomic E-state index is 0. The number of hydrogen-bond acceptors (Lipinski definition) is 5. The van der Waals surface area contributed by atoms with Gasteiger partial charge < -0.3 is 25.4 Å². The van der Waals surface area contributed by atoms with E-state index < -0.39 is 0 Å². The maximum absolute atomic E-state index is 10.5. The van der Waals surface area contributed by atoms with Crippen LogP contribution in [-0.4, -0.2) is 23.4 Å². The predicted octanol–water partition coefficient (Wildman–Crippen LogP) is 4.48. The van der Waals surface area contributed by atoms with E-state index in [4.69, 9.17) is 15.2 Å². The van der Waals surface area contributed by atoms with Gasteiger partial charge >= 0.3 is 0 Å². The van der Waals surface area contributed by atoms with E-state index in [-0.39, 0.29) is 24.3 Å². The van der Waals surface area contributed by atoms with Crippen LogP contribution in [0.15, 0.2) is 12.1 Å². The van der Waals surface area contributed by atoms with Gasteiger partial charge in [0.25, 0.3) is 0 Å². The lowest BCUT2D eigenvalue weighted by Gasteiger charge is -2.34. The van der Waals surface area contributed by atoms with E-state index in [9.17, 15) is 10.2 Å². The summed E-state index contributed by atoms with van der Waals surface area (Å²) in [6.07, 6.45) is 2.49. The van der Waals surface area contributed by atoms with Gasteiger partial charge in [-0.3, -0.25) is 0 Å². The summed E-state index contributed by atoms with van der Waals surface area (Å²) in [5.74, 6) is 2.23. The molecule has 0 fully saturated rings. The lowest BCUT2D eigenvalue weighted by atomic mass is 9.83. The standard InChI is InChI=1S/C23H31NO4.ClH/c1-12-13(2)23-19(14(3)21(12)25)10-17(15(4)28-23)6-7-18-8-16(11-24)9-20(27-5)22(18)26;/h8-9,15,17,25-26H,6-7,10-11,24H2,1-5H3;1H. The van der Waals surface area contributed by atoms with Gasteiger partial charge in [0.2, 0.25) is 0 Å². The molecule has 29 heavy (non-hydrogen) atoms. The maximum Gasteiger partial charge on any atom is 0.161 e. The number of fused-ring (bicyclic) bond motifs is 1. The number of methoxy groups -OCH3 is 1. The monoisotopic (exact) mass is 421 g/mol. The van der Waals surface area contributed by atoms with Gasteiger partial charge in [0, 0.05) is 18.0 Å². The third-order valence-corrected chi connectivity index (χ3v) is 6.23. The number of aromatic hydroxyl groups is 2. The molecule has 2 aromatic rings. The van der Waals surface area contributed by atoms with Crippen LogP contribution in [-0.2, 0) is 19.4 Å². The van der Waals surface area contributed by atoms with Gasteiger partial charge in [-0.1, -0.05) is 6.07 Å². The van der Waals surface area contributed by atoms with Crippen molar-refractivity contribution in [2.75, 3.05) is 7.11 Å². The van der Waals surface area contributed by atoms with Crippen LogP contribution in [0.2, 0.25) is 0 Å². The largest absolute Gasteiger partial charge is 0.507 e. The fourth-order valence-electron chi connectivity index (χ4n) is 4.15. The average molecular weight is 422 g/mol. The highest BCUT2D eigenvalue weighted by atomic mass is 35.5. The first-order valence-electron chi connectivity index (χ1n) is 9.85. The quantitative estimate of drug-likeness (QED) is 0.662. The molecule has 3 rings (SSSR count). The topological polar surface area (TPSA) is 84.9 Å². The van der Waals surface area contributed by atoms with E-state index in [1.165, 1.54) is 0 Å². The molecule has 0 amide bonds. The molecule has 0 radical (unpaired) electrons. The smallest absolute Gasteiger partial charge is 0.161 e. The Morgan fingerprint density at radius 1 is 1.10 bits per heavy atom. The number of benzene rings is 2. The number of phenolic OH excluding ortho intramolecular Hbond substituents is 2. The minimum Gasteiger partial charge on any atom is -0.507 e. The lowest BCUT2D eigenvalue weighted by molar-refractivity contribution is 0.122. The van der Waals surface area contributed by atoms with Crippen LogP contribution < -0.4 is 15.2 Å². The third-order valence-electron chi connectivity index (χ3n) is 6.23. The van der Waals surface area contributed by atoms with Crippen LogP contribution in [0.5, 0.6) is 23.0 Å². The summed E-state index contributed by atoms with van der Waals surface area (Å²) in [5.41, 5.74) is 11.5. The first-order valence-corrected chi connectivity index (χ1v) is 9.85. The van der Waals surface area contributed by atoms with Crippen molar-refractivity contribution in [3.8, 4) is 23.0 Å². The molecule has 0 saturated heterocycles. The Kier molecular flexibility index (Phi) is 7.30. The van der Waals surface area contributed by atoms with Crippen molar-refractivity contribution in [1.29, 1.82) is 0 Å². The SMILES string of the molecule is COc1cc(CN)cc(CCC2Cc3c(C)c(O)c(C)c(C)c3OC2C)c1O.Cl. The second-order valence-corrected chi connectivity index (χ2v) is 7.87. The summed E-state index contributed by atoms with van der Waals surface area (Å²) >= 11 is 0. The first-order chi connectivity index (χ1) is 13.3. The van der Waals surface area contributed by atoms with Crippen molar-refractivity contribution in [2.24, 2.45) is 11.7 Å². The van der Waals surface area contributed by atoms with Crippen LogP contribution in [0.1, 0.15) is 46.7 Å². The summed E-state index contributed by atoms with van der Waals surface area (Å²) in [6, 6.07) is 3.73. The zero-order chi connectivity index (χ0) is 20.6. The summed E-state index contributed by atoms with van der Waals surface area (Å²) in [7, 11) is 1.55. The van der Waals surface area contributed by atoms with Crippen molar-refractivity contribution >= 4 is 12.4 Å². The number of aryl methyl sites for hydroxylation is 1. The van der Waals surface area contributed by atoms with Crippen LogP contribution in [0.4, 0.5) is 0 Å². The fourth-order valence-corrected chi connectivity index (χ4v) is 4.15. The van der Waals surface area contributed by atoms with E-state index >= 15 is 0 Å². The number of nitrogens with two attached hydrogens (primary N) is 1. The Morgan fingerprint density at radius 3 is 2.41 bits per heavy atom. The van der Waals surface area contributed by atoms with Crippen molar-refractivity contribution < 1.29 is 19.7 Å². The Labute approximate surface area is 179 Å². The van der Waals surface area contributed by atoms with Gasteiger partial charge in [-0.05, 0) is 80.8 Å². The molecule has 1 aliphatic rings. The van der Waals surface area contributed by atoms with Gasteiger partial charge in [0.15, 0.2) is 11.5 Å². The number of ether oxygens (including phenoxy) is 2. The first kappa shape index (κ1) is 23.2. The van der Waals surface area contributed by atoms with Crippen molar-refractivity contribution in [2.45, 2.75) is 59.6 Å². The highest BCUT2D eigenvalue weighted by molar-refractivity contribution is 5.85. The Morgan fingerprint density at radius 2 is 1.79 bits per heavy atom.